The summed E-state index contributed by atoms with van der Waals surface area (Å²) in [5.74, 6) is -0.482. The van der Waals surface area contributed by atoms with E-state index in [1.807, 2.05) is 31.2 Å². The molecule has 1 aliphatic rings. The molecule has 1 aromatic carbocycles. The molecule has 0 aliphatic carbocycles. The predicted octanol–water partition coefficient (Wildman–Crippen LogP) is 1.50. The van der Waals surface area contributed by atoms with Crippen molar-refractivity contribution in [3.63, 3.8) is 0 Å². The Morgan fingerprint density at radius 3 is 2.70 bits per heavy atom. The summed E-state index contributed by atoms with van der Waals surface area (Å²) in [7, 11) is 0. The molecule has 1 saturated heterocycles. The van der Waals surface area contributed by atoms with Crippen LogP contribution in [0.25, 0.3) is 0 Å². The summed E-state index contributed by atoms with van der Waals surface area (Å²) >= 11 is 0. The number of benzene rings is 1. The van der Waals surface area contributed by atoms with Crippen molar-refractivity contribution in [2.75, 3.05) is 18.4 Å². The van der Waals surface area contributed by atoms with Crippen molar-refractivity contribution in [3.8, 4) is 0 Å². The van der Waals surface area contributed by atoms with Gasteiger partial charge in [-0.2, -0.15) is 0 Å². The van der Waals surface area contributed by atoms with E-state index in [0.717, 1.165) is 24.3 Å². The minimum Gasteiger partial charge on any atom is -0.481 e. The van der Waals surface area contributed by atoms with E-state index in [9.17, 15) is 9.59 Å². The quantitative estimate of drug-likeness (QED) is 0.735. The molecule has 1 fully saturated rings. The molecule has 0 saturated carbocycles. The van der Waals surface area contributed by atoms with Crippen LogP contribution in [0.3, 0.4) is 0 Å². The van der Waals surface area contributed by atoms with E-state index in [2.05, 4.69) is 10.6 Å². The first-order valence-electron chi connectivity index (χ1n) is 6.89. The normalized spacial score (nSPS) is 16.2. The van der Waals surface area contributed by atoms with Crippen LogP contribution in [0.4, 0.5) is 5.69 Å². The molecule has 1 unspecified atom stereocenters. The van der Waals surface area contributed by atoms with Crippen molar-refractivity contribution < 1.29 is 14.7 Å². The Bertz CT molecular complexity index is 498. The number of aliphatic carboxylic acids is 1. The Hall–Kier alpha value is -1.88. The summed E-state index contributed by atoms with van der Waals surface area (Å²) in [5, 5.41) is 14.8. The minimum absolute atomic E-state index is 0.000671. The van der Waals surface area contributed by atoms with E-state index < -0.39 is 5.97 Å². The monoisotopic (exact) mass is 276 g/mol. The molecule has 0 bridgehead atoms. The van der Waals surface area contributed by atoms with E-state index in [-0.39, 0.29) is 18.2 Å². The second-order valence-corrected chi connectivity index (χ2v) is 5.25. The predicted molar refractivity (Wildman–Crippen MR) is 76.6 cm³/mol. The number of aryl methyl sites for hydroxylation is 1. The fourth-order valence-electron chi connectivity index (χ4n) is 2.23. The van der Waals surface area contributed by atoms with Crippen molar-refractivity contribution in [2.45, 2.75) is 19.8 Å². The molecule has 3 N–H and O–H groups in total. The van der Waals surface area contributed by atoms with Crippen LogP contribution in [0.5, 0.6) is 0 Å². The molecular weight excluding hydrogens is 256 g/mol. The second kappa shape index (κ2) is 6.52. The lowest BCUT2D eigenvalue weighted by atomic mass is 9.88. The van der Waals surface area contributed by atoms with Crippen molar-refractivity contribution in [1.82, 2.24) is 5.32 Å². The molecule has 0 radical (unpaired) electrons. The lowest BCUT2D eigenvalue weighted by molar-refractivity contribution is -0.137. The summed E-state index contributed by atoms with van der Waals surface area (Å²) in [5.41, 5.74) is 1.58. The van der Waals surface area contributed by atoms with Crippen LogP contribution < -0.4 is 10.6 Å². The van der Waals surface area contributed by atoms with Gasteiger partial charge in [-0.05, 0) is 37.1 Å². The molecule has 2 rings (SSSR count). The molecule has 5 heteroatoms. The lowest BCUT2D eigenvalue weighted by Gasteiger charge is -2.31. The van der Waals surface area contributed by atoms with Gasteiger partial charge >= 0.3 is 5.97 Å². The highest BCUT2D eigenvalue weighted by atomic mass is 16.4. The number of hydrogen-bond acceptors (Lipinski definition) is 3. The third-order valence-corrected chi connectivity index (χ3v) is 3.82. The highest BCUT2D eigenvalue weighted by Gasteiger charge is 2.28. The van der Waals surface area contributed by atoms with Crippen LogP contribution in [0.15, 0.2) is 24.3 Å². The van der Waals surface area contributed by atoms with Crippen molar-refractivity contribution in [1.29, 1.82) is 0 Å². The largest absolute Gasteiger partial charge is 0.481 e. The van der Waals surface area contributed by atoms with Gasteiger partial charge in [0.15, 0.2) is 0 Å². The fourth-order valence-corrected chi connectivity index (χ4v) is 2.23. The van der Waals surface area contributed by atoms with Gasteiger partial charge in [0.05, 0.1) is 0 Å². The summed E-state index contributed by atoms with van der Waals surface area (Å²) in [6, 6.07) is 7.37. The standard InChI is InChI=1S/C15H20N2O3/c1-10(12-8-16-9-12)15(20)17-13-5-3-2-4-11(13)6-7-14(18)19/h2-5,10,12,16H,6-9H2,1H3,(H,17,20)(H,18,19). The maximum Gasteiger partial charge on any atom is 0.303 e. The Labute approximate surface area is 118 Å². The van der Waals surface area contributed by atoms with Gasteiger partial charge in [0.25, 0.3) is 0 Å². The number of amides is 1. The molecule has 1 amide bonds. The van der Waals surface area contributed by atoms with E-state index in [0.29, 0.717) is 12.3 Å². The maximum absolute atomic E-state index is 12.2. The molecule has 1 heterocycles. The third-order valence-electron chi connectivity index (χ3n) is 3.82. The van der Waals surface area contributed by atoms with Gasteiger partial charge in [-0.15, -0.1) is 0 Å². The van der Waals surface area contributed by atoms with Crippen LogP contribution in [0.2, 0.25) is 0 Å². The molecule has 1 aromatic rings. The molecule has 20 heavy (non-hydrogen) atoms. The third kappa shape index (κ3) is 3.57. The summed E-state index contributed by atoms with van der Waals surface area (Å²) in [6.07, 6.45) is 0.486. The van der Waals surface area contributed by atoms with E-state index in [1.54, 1.807) is 0 Å². The van der Waals surface area contributed by atoms with E-state index in [4.69, 9.17) is 5.11 Å². The number of carboxylic acids is 1. The summed E-state index contributed by atoms with van der Waals surface area (Å²) < 4.78 is 0. The number of hydrogen-bond donors (Lipinski definition) is 3. The minimum atomic E-state index is -0.833. The SMILES string of the molecule is CC(C(=O)Nc1ccccc1CCC(=O)O)C1CNC1. The molecule has 1 atom stereocenters. The van der Waals surface area contributed by atoms with Crippen LogP contribution >= 0.6 is 0 Å². The number of carbonyl (C=O) groups excluding carboxylic acids is 1. The van der Waals surface area contributed by atoms with Gasteiger partial charge in [-0.3, -0.25) is 9.59 Å². The van der Waals surface area contributed by atoms with Crippen molar-refractivity contribution in [3.05, 3.63) is 29.8 Å². The number of carbonyl (C=O) groups is 2. The van der Waals surface area contributed by atoms with Gasteiger partial charge in [-0.25, -0.2) is 0 Å². The van der Waals surface area contributed by atoms with Crippen LogP contribution in [-0.2, 0) is 16.0 Å². The number of rotatable bonds is 6. The zero-order valence-electron chi connectivity index (χ0n) is 11.6. The molecular formula is C15H20N2O3. The van der Waals surface area contributed by atoms with Gasteiger partial charge in [0.1, 0.15) is 0 Å². The highest BCUT2D eigenvalue weighted by molar-refractivity contribution is 5.93. The molecule has 0 aromatic heterocycles. The first-order chi connectivity index (χ1) is 9.58. The topological polar surface area (TPSA) is 78.4 Å². The first-order valence-corrected chi connectivity index (χ1v) is 6.89. The van der Waals surface area contributed by atoms with Crippen LogP contribution in [0.1, 0.15) is 18.9 Å². The zero-order chi connectivity index (χ0) is 14.5. The summed E-state index contributed by atoms with van der Waals surface area (Å²) in [6.45, 7) is 3.70. The number of nitrogens with one attached hydrogen (secondary N) is 2. The van der Waals surface area contributed by atoms with Crippen LogP contribution in [0, 0.1) is 11.8 Å². The van der Waals surface area contributed by atoms with Gasteiger partial charge in [0, 0.05) is 18.0 Å². The van der Waals surface area contributed by atoms with Crippen molar-refractivity contribution in [2.24, 2.45) is 11.8 Å². The molecule has 1 aliphatic heterocycles. The Morgan fingerprint density at radius 1 is 1.40 bits per heavy atom. The molecule has 108 valence electrons. The second-order valence-electron chi connectivity index (χ2n) is 5.25. The Balaban J connectivity index is 2.00. The van der Waals surface area contributed by atoms with Crippen LogP contribution in [-0.4, -0.2) is 30.1 Å². The van der Waals surface area contributed by atoms with Gasteiger partial charge in [0.2, 0.25) is 5.91 Å². The van der Waals surface area contributed by atoms with E-state index >= 15 is 0 Å². The van der Waals surface area contributed by atoms with Crippen molar-refractivity contribution >= 4 is 17.6 Å². The average molecular weight is 276 g/mol. The summed E-state index contributed by atoms with van der Waals surface area (Å²) in [4.78, 5) is 22.8. The maximum atomic E-state index is 12.2. The molecule has 0 spiro atoms. The Morgan fingerprint density at radius 2 is 2.10 bits per heavy atom. The number of anilines is 1. The molecule has 5 nitrogen and oxygen atoms in total. The Kier molecular flexibility index (Phi) is 4.74. The first kappa shape index (κ1) is 14.5. The smallest absolute Gasteiger partial charge is 0.303 e. The van der Waals surface area contributed by atoms with Gasteiger partial charge in [-0.1, -0.05) is 25.1 Å². The average Bonchev–Trinajstić information content (AvgIpc) is 2.35. The highest BCUT2D eigenvalue weighted by Crippen LogP contribution is 2.21. The van der Waals surface area contributed by atoms with E-state index in [1.165, 1.54) is 0 Å². The van der Waals surface area contributed by atoms with Gasteiger partial charge < -0.3 is 15.7 Å². The fraction of sp³-hybridized carbons (Fsp3) is 0.467. The number of carboxylic acid groups (broad SMARTS) is 1. The zero-order valence-corrected chi connectivity index (χ0v) is 11.6. The lowest BCUT2D eigenvalue weighted by Crippen LogP contribution is -2.48. The number of para-hydroxylation sites is 1.